The summed E-state index contributed by atoms with van der Waals surface area (Å²) in [4.78, 5) is 14.4. The average molecular weight is 191 g/mol. The SMILES string of the molecule is O=Cc1cccc2nc(B(O)O)oc12. The van der Waals surface area contributed by atoms with Gasteiger partial charge < -0.3 is 14.5 Å². The summed E-state index contributed by atoms with van der Waals surface area (Å²) in [5.74, 6) is -0.214. The van der Waals surface area contributed by atoms with Crippen LogP contribution in [0.5, 0.6) is 0 Å². The minimum atomic E-state index is -1.76. The Morgan fingerprint density at radius 3 is 2.86 bits per heavy atom. The summed E-state index contributed by atoms with van der Waals surface area (Å²) in [5.41, 5.74) is 1.03. The van der Waals surface area contributed by atoms with Gasteiger partial charge in [-0.25, -0.2) is 4.98 Å². The molecule has 0 saturated carbocycles. The van der Waals surface area contributed by atoms with Crippen molar-refractivity contribution >= 4 is 30.3 Å². The summed E-state index contributed by atoms with van der Waals surface area (Å²) in [5, 5.41) is 17.6. The summed E-state index contributed by atoms with van der Waals surface area (Å²) < 4.78 is 5.01. The van der Waals surface area contributed by atoms with Gasteiger partial charge >= 0.3 is 7.12 Å². The van der Waals surface area contributed by atoms with E-state index in [0.717, 1.165) is 0 Å². The maximum atomic E-state index is 10.6. The number of hydrogen-bond acceptors (Lipinski definition) is 5. The van der Waals surface area contributed by atoms with Gasteiger partial charge in [-0.05, 0) is 12.1 Å². The highest BCUT2D eigenvalue weighted by molar-refractivity contribution is 6.56. The van der Waals surface area contributed by atoms with Gasteiger partial charge in [-0.2, -0.15) is 0 Å². The average Bonchev–Trinajstić information content (AvgIpc) is 2.60. The first kappa shape index (κ1) is 8.92. The Morgan fingerprint density at radius 1 is 1.43 bits per heavy atom. The van der Waals surface area contributed by atoms with E-state index in [1.54, 1.807) is 18.2 Å². The molecule has 0 atom stereocenters. The summed E-state index contributed by atoms with van der Waals surface area (Å²) in [6.45, 7) is 0. The smallest absolute Gasteiger partial charge is 0.443 e. The van der Waals surface area contributed by atoms with Gasteiger partial charge in [-0.15, -0.1) is 0 Å². The Kier molecular flexibility index (Phi) is 2.07. The molecule has 2 rings (SSSR count). The van der Waals surface area contributed by atoms with Crippen molar-refractivity contribution in [2.75, 3.05) is 0 Å². The molecule has 0 bridgehead atoms. The molecule has 0 unspecified atom stereocenters. The van der Waals surface area contributed by atoms with Crippen LogP contribution in [-0.4, -0.2) is 28.4 Å². The predicted molar refractivity (Wildman–Crippen MR) is 49.2 cm³/mol. The summed E-state index contributed by atoms with van der Waals surface area (Å²) in [7, 11) is -1.76. The molecule has 0 saturated heterocycles. The van der Waals surface area contributed by atoms with Gasteiger partial charge in [0.15, 0.2) is 11.9 Å². The van der Waals surface area contributed by atoms with E-state index in [4.69, 9.17) is 14.5 Å². The van der Waals surface area contributed by atoms with Crippen LogP contribution in [0.2, 0.25) is 0 Å². The molecular weight excluding hydrogens is 185 g/mol. The lowest BCUT2D eigenvalue weighted by molar-refractivity contribution is 0.112. The molecule has 0 radical (unpaired) electrons. The third-order valence-corrected chi connectivity index (χ3v) is 1.81. The van der Waals surface area contributed by atoms with Gasteiger partial charge in [-0.3, -0.25) is 4.79 Å². The van der Waals surface area contributed by atoms with Crippen molar-refractivity contribution in [3.63, 3.8) is 0 Å². The molecule has 2 N–H and O–H groups in total. The van der Waals surface area contributed by atoms with Crippen LogP contribution in [0.15, 0.2) is 22.6 Å². The number of carbonyl (C=O) groups is 1. The Bertz CT molecular complexity index is 479. The lowest BCUT2D eigenvalue weighted by atomic mass is 9.93. The van der Waals surface area contributed by atoms with Crippen LogP contribution in [0.4, 0.5) is 0 Å². The monoisotopic (exact) mass is 191 g/mol. The lowest BCUT2D eigenvalue weighted by Gasteiger charge is -1.89. The number of para-hydroxylation sites is 1. The molecule has 0 fully saturated rings. The number of carbonyl (C=O) groups excluding carboxylic acids is 1. The van der Waals surface area contributed by atoms with Crippen LogP contribution in [0.3, 0.4) is 0 Å². The van der Waals surface area contributed by atoms with E-state index >= 15 is 0 Å². The van der Waals surface area contributed by atoms with E-state index in [0.29, 0.717) is 17.4 Å². The highest BCUT2D eigenvalue weighted by Gasteiger charge is 2.20. The second-order valence-electron chi connectivity index (χ2n) is 2.74. The Labute approximate surface area is 79.1 Å². The molecule has 14 heavy (non-hydrogen) atoms. The van der Waals surface area contributed by atoms with Gasteiger partial charge in [0.1, 0.15) is 5.52 Å². The maximum absolute atomic E-state index is 10.6. The molecule has 0 aliphatic rings. The number of hydrogen-bond donors (Lipinski definition) is 2. The van der Waals surface area contributed by atoms with E-state index in [9.17, 15) is 4.79 Å². The Morgan fingerprint density at radius 2 is 2.21 bits per heavy atom. The van der Waals surface area contributed by atoms with Crippen molar-refractivity contribution < 1.29 is 19.3 Å². The first-order valence-corrected chi connectivity index (χ1v) is 3.93. The first-order valence-electron chi connectivity index (χ1n) is 3.93. The second kappa shape index (κ2) is 3.24. The highest BCUT2D eigenvalue weighted by atomic mass is 16.4. The highest BCUT2D eigenvalue weighted by Crippen LogP contribution is 2.14. The van der Waals surface area contributed by atoms with Crippen molar-refractivity contribution in [3.8, 4) is 0 Å². The van der Waals surface area contributed by atoms with E-state index in [1.807, 2.05) is 0 Å². The van der Waals surface area contributed by atoms with Crippen LogP contribution in [0, 0.1) is 0 Å². The van der Waals surface area contributed by atoms with Crippen molar-refractivity contribution in [1.29, 1.82) is 0 Å². The molecule has 5 nitrogen and oxygen atoms in total. The van der Waals surface area contributed by atoms with Crippen LogP contribution in [0.1, 0.15) is 10.4 Å². The quantitative estimate of drug-likeness (QED) is 0.485. The zero-order chi connectivity index (χ0) is 10.1. The van der Waals surface area contributed by atoms with Gasteiger partial charge in [0.05, 0.1) is 5.56 Å². The third-order valence-electron chi connectivity index (χ3n) is 1.81. The van der Waals surface area contributed by atoms with E-state index < -0.39 is 7.12 Å². The third kappa shape index (κ3) is 1.30. The van der Waals surface area contributed by atoms with E-state index in [1.165, 1.54) is 0 Å². The van der Waals surface area contributed by atoms with Crippen molar-refractivity contribution in [3.05, 3.63) is 23.8 Å². The van der Waals surface area contributed by atoms with Gasteiger partial charge in [0.2, 0.25) is 5.79 Å². The van der Waals surface area contributed by atoms with E-state index in [2.05, 4.69) is 4.98 Å². The topological polar surface area (TPSA) is 83.6 Å². The zero-order valence-electron chi connectivity index (χ0n) is 7.04. The van der Waals surface area contributed by atoms with Gasteiger partial charge in [-0.1, -0.05) is 6.07 Å². The van der Waals surface area contributed by atoms with Crippen LogP contribution in [-0.2, 0) is 0 Å². The molecule has 2 aromatic rings. The van der Waals surface area contributed by atoms with Gasteiger partial charge in [0, 0.05) is 0 Å². The molecule has 0 aliphatic heterocycles. The predicted octanol–water partition coefficient (Wildman–Crippen LogP) is -0.680. The molecular formula is C8H6BNO4. The Balaban J connectivity index is 2.70. The summed E-state index contributed by atoms with van der Waals surface area (Å²) in [6.07, 6.45) is 0.626. The molecule has 1 aromatic heterocycles. The standard InChI is InChI=1S/C8H6BNO4/c11-4-5-2-1-3-6-7(5)14-8(10-6)9(12)13/h1-4,12-13H. The summed E-state index contributed by atoms with van der Waals surface area (Å²) >= 11 is 0. The summed E-state index contributed by atoms with van der Waals surface area (Å²) in [6, 6.07) is 4.83. The van der Waals surface area contributed by atoms with Crippen LogP contribution >= 0.6 is 0 Å². The molecule has 6 heteroatoms. The number of oxazole rings is 1. The zero-order valence-corrected chi connectivity index (χ0v) is 7.04. The number of benzene rings is 1. The minimum absolute atomic E-state index is 0.214. The number of rotatable bonds is 2. The molecule has 70 valence electrons. The number of fused-ring (bicyclic) bond motifs is 1. The van der Waals surface area contributed by atoms with Gasteiger partial charge in [0.25, 0.3) is 0 Å². The molecule has 1 heterocycles. The van der Waals surface area contributed by atoms with Crippen molar-refractivity contribution in [2.24, 2.45) is 0 Å². The fraction of sp³-hybridized carbons (Fsp3) is 0. The van der Waals surface area contributed by atoms with Crippen molar-refractivity contribution in [1.82, 2.24) is 4.98 Å². The number of nitrogens with zero attached hydrogens (tertiary/aromatic N) is 1. The van der Waals surface area contributed by atoms with Crippen LogP contribution in [0.25, 0.3) is 11.1 Å². The van der Waals surface area contributed by atoms with Crippen LogP contribution < -0.4 is 5.79 Å². The molecule has 0 amide bonds. The Hall–Kier alpha value is -1.66. The van der Waals surface area contributed by atoms with E-state index in [-0.39, 0.29) is 11.4 Å². The molecule has 0 aliphatic carbocycles. The van der Waals surface area contributed by atoms with Crippen molar-refractivity contribution in [2.45, 2.75) is 0 Å². The molecule has 1 aromatic carbocycles. The fourth-order valence-electron chi connectivity index (χ4n) is 1.19. The normalized spacial score (nSPS) is 10.4. The second-order valence-corrected chi connectivity index (χ2v) is 2.74. The molecule has 0 spiro atoms. The largest absolute Gasteiger partial charge is 0.548 e. The maximum Gasteiger partial charge on any atom is 0.548 e. The first-order chi connectivity index (χ1) is 6.72. The number of aromatic nitrogens is 1. The number of aldehydes is 1. The lowest BCUT2D eigenvalue weighted by Crippen LogP contribution is -2.30. The minimum Gasteiger partial charge on any atom is -0.443 e. The fourth-order valence-corrected chi connectivity index (χ4v) is 1.19.